The van der Waals surface area contributed by atoms with E-state index < -0.39 is 53.8 Å². The molecule has 0 radical (unpaired) electrons. The van der Waals surface area contributed by atoms with E-state index in [1.54, 1.807) is 11.0 Å². The largest absolute Gasteiger partial charge is 0.392 e. The summed E-state index contributed by atoms with van der Waals surface area (Å²) in [6, 6.07) is 6.29. The Morgan fingerprint density at radius 1 is 1.07 bits per heavy atom. The highest BCUT2D eigenvalue weighted by atomic mass is 35.5. The van der Waals surface area contributed by atoms with E-state index in [0.717, 1.165) is 6.07 Å². The Balaban J connectivity index is 1.40. The molecule has 40 heavy (non-hydrogen) atoms. The van der Waals surface area contributed by atoms with Crippen LogP contribution in [0.3, 0.4) is 0 Å². The summed E-state index contributed by atoms with van der Waals surface area (Å²) in [5.74, 6) is -4.04. The molecule has 14 heteroatoms. The van der Waals surface area contributed by atoms with Gasteiger partial charge in [0.15, 0.2) is 11.6 Å². The molecule has 0 aromatic heterocycles. The maximum absolute atomic E-state index is 14.9. The average molecular weight is 590 g/mol. The normalized spacial score (nSPS) is 20.0. The average Bonchev–Trinajstić information content (AvgIpc) is 3.35. The predicted molar refractivity (Wildman–Crippen MR) is 139 cm³/mol. The maximum atomic E-state index is 14.9. The Labute approximate surface area is 232 Å². The quantitative estimate of drug-likeness (QED) is 0.353. The number of benzene rings is 2. The summed E-state index contributed by atoms with van der Waals surface area (Å²) in [5, 5.41) is 17.8. The summed E-state index contributed by atoms with van der Waals surface area (Å²) < 4.78 is 67.4. The molecule has 218 valence electrons. The van der Waals surface area contributed by atoms with Gasteiger partial charge in [-0.25, -0.2) is 8.78 Å². The van der Waals surface area contributed by atoms with Crippen molar-refractivity contribution in [1.29, 1.82) is 0 Å². The highest BCUT2D eigenvalue weighted by Gasteiger charge is 2.30. The zero-order valence-corrected chi connectivity index (χ0v) is 22.1. The molecule has 0 bridgehead atoms. The topological polar surface area (TPSA) is 96.9 Å². The molecule has 0 aliphatic carbocycles. The fourth-order valence-corrected chi connectivity index (χ4v) is 4.85. The summed E-state index contributed by atoms with van der Waals surface area (Å²) in [6.07, 6.45) is -5.58. The molecule has 2 aromatic carbocycles. The number of anilines is 2. The van der Waals surface area contributed by atoms with Crippen LogP contribution >= 0.6 is 11.6 Å². The molecule has 2 saturated heterocycles. The van der Waals surface area contributed by atoms with Crippen molar-refractivity contribution in [2.45, 2.75) is 37.7 Å². The molecule has 2 aliphatic heterocycles. The van der Waals surface area contributed by atoms with Gasteiger partial charge in [0.2, 0.25) is 5.91 Å². The van der Waals surface area contributed by atoms with Gasteiger partial charge in [-0.05, 0) is 30.7 Å². The molecule has 0 saturated carbocycles. The number of piperazine rings is 1. The van der Waals surface area contributed by atoms with Crippen molar-refractivity contribution in [2.75, 3.05) is 49.5 Å². The number of hydrogen-bond acceptors (Lipinski definition) is 6. The zero-order chi connectivity index (χ0) is 29.0. The number of β-amino-alcohol motifs (C(OH)–C–C–N with tert-alkyl or cyclic N) is 1. The first-order chi connectivity index (χ1) is 18.9. The van der Waals surface area contributed by atoms with Crippen molar-refractivity contribution < 1.29 is 36.6 Å². The molecule has 8 nitrogen and oxygen atoms in total. The lowest BCUT2D eigenvalue weighted by Gasteiger charge is -2.37. The summed E-state index contributed by atoms with van der Waals surface area (Å²) in [6.45, 7) is 1.32. The number of aliphatic hydroxyl groups excluding tert-OH is 1. The van der Waals surface area contributed by atoms with Gasteiger partial charge in [-0.15, -0.1) is 0 Å². The van der Waals surface area contributed by atoms with Crippen LogP contribution < -0.4 is 20.9 Å². The van der Waals surface area contributed by atoms with Gasteiger partial charge in [0.05, 0.1) is 35.5 Å². The Hall–Kier alpha value is -3.00. The van der Waals surface area contributed by atoms with Gasteiger partial charge in [-0.1, -0.05) is 17.7 Å². The van der Waals surface area contributed by atoms with Crippen molar-refractivity contribution in [3.63, 3.8) is 0 Å². The number of hydrogen-bond donors (Lipinski definition) is 4. The van der Waals surface area contributed by atoms with Gasteiger partial charge >= 0.3 is 6.18 Å². The van der Waals surface area contributed by atoms with E-state index in [0.29, 0.717) is 36.9 Å². The van der Waals surface area contributed by atoms with Gasteiger partial charge in [0.1, 0.15) is 0 Å². The van der Waals surface area contributed by atoms with Crippen molar-refractivity contribution >= 4 is 34.8 Å². The van der Waals surface area contributed by atoms with Crippen molar-refractivity contribution in [2.24, 2.45) is 0 Å². The van der Waals surface area contributed by atoms with Gasteiger partial charge < -0.3 is 26.0 Å². The summed E-state index contributed by atoms with van der Waals surface area (Å²) in [7, 11) is 0. The lowest BCUT2D eigenvalue weighted by molar-refractivity contribution is -0.138. The third kappa shape index (κ3) is 7.59. The minimum absolute atomic E-state index is 0.110. The van der Waals surface area contributed by atoms with E-state index in [2.05, 4.69) is 16.0 Å². The van der Waals surface area contributed by atoms with Gasteiger partial charge in [-0.3, -0.25) is 14.5 Å². The lowest BCUT2D eigenvalue weighted by Crippen LogP contribution is -2.47. The van der Waals surface area contributed by atoms with Crippen LogP contribution in [0.4, 0.5) is 33.3 Å². The first-order valence-corrected chi connectivity index (χ1v) is 13.1. The monoisotopic (exact) mass is 589 g/mol. The van der Waals surface area contributed by atoms with Gasteiger partial charge in [0, 0.05) is 56.4 Å². The molecular formula is C26H29ClF5N5O3. The zero-order valence-electron chi connectivity index (χ0n) is 21.3. The van der Waals surface area contributed by atoms with Crippen LogP contribution in [-0.4, -0.2) is 79.4 Å². The molecule has 2 fully saturated rings. The smallest absolute Gasteiger partial charge is 0.390 e. The highest BCUT2D eigenvalue weighted by molar-refractivity contribution is 6.31. The van der Waals surface area contributed by atoms with E-state index in [4.69, 9.17) is 11.6 Å². The minimum atomic E-state index is -4.24. The fourth-order valence-electron chi connectivity index (χ4n) is 4.68. The van der Waals surface area contributed by atoms with Crippen molar-refractivity contribution in [3.8, 4) is 0 Å². The van der Waals surface area contributed by atoms with Crippen molar-refractivity contribution in [1.82, 2.24) is 15.5 Å². The molecule has 2 amide bonds. The van der Waals surface area contributed by atoms with Crippen LogP contribution in [0.2, 0.25) is 5.02 Å². The van der Waals surface area contributed by atoms with Gasteiger partial charge in [0.25, 0.3) is 5.91 Å². The van der Waals surface area contributed by atoms with Crippen molar-refractivity contribution in [3.05, 3.63) is 58.1 Å². The third-order valence-electron chi connectivity index (χ3n) is 6.92. The van der Waals surface area contributed by atoms with Crippen LogP contribution in [-0.2, 0) is 11.3 Å². The van der Waals surface area contributed by atoms with Crippen LogP contribution in [0.15, 0.2) is 30.3 Å². The lowest BCUT2D eigenvalue weighted by atomic mass is 10.1. The predicted octanol–water partition coefficient (Wildman–Crippen LogP) is 3.28. The summed E-state index contributed by atoms with van der Waals surface area (Å²) in [5.41, 5.74) is 0.0743. The minimum Gasteiger partial charge on any atom is -0.392 e. The van der Waals surface area contributed by atoms with Crippen LogP contribution in [0, 0.1) is 11.6 Å². The molecule has 2 atom stereocenters. The number of nitrogens with one attached hydrogen (secondary N) is 3. The number of alkyl halides is 3. The number of aliphatic hydroxyl groups is 1. The maximum Gasteiger partial charge on any atom is 0.390 e. The third-order valence-corrected chi connectivity index (χ3v) is 7.15. The van der Waals surface area contributed by atoms with Crippen LogP contribution in [0.25, 0.3) is 0 Å². The molecule has 2 aromatic rings. The highest BCUT2D eigenvalue weighted by Crippen LogP contribution is 2.31. The van der Waals surface area contributed by atoms with Crippen LogP contribution in [0.1, 0.15) is 28.8 Å². The first kappa shape index (κ1) is 30.0. The Morgan fingerprint density at radius 2 is 1.80 bits per heavy atom. The number of amides is 2. The number of carbonyl (C=O) groups is 2. The van der Waals surface area contributed by atoms with E-state index in [9.17, 15) is 36.6 Å². The Kier molecular flexibility index (Phi) is 9.49. The SMILES string of the molecule is O=C(Nc1ccc(Cl)cc1N1CCN(CCC(F)(F)F)CC1)c1ccc(CNC(=O)[C@@H]2CC(O)CN2)c(F)c1F. The Bertz CT molecular complexity index is 1240. The molecular weight excluding hydrogens is 561 g/mol. The molecule has 2 heterocycles. The fraction of sp³-hybridized carbons (Fsp3) is 0.462. The van der Waals surface area contributed by atoms with Crippen LogP contribution in [0.5, 0.6) is 0 Å². The molecule has 2 aliphatic rings. The standard InChI is InChI=1S/C26H29ClF5N5O3/c27-16-2-4-19(21(11-16)37-9-7-36(8-10-37)6-5-26(30,31)32)35-24(39)18-3-1-15(22(28)23(18)29)13-34-25(40)20-12-17(38)14-33-20/h1-4,11,17,20,33,38H,5-10,12-14H2,(H,34,40)(H,35,39)/t17?,20-/m0/s1. The second kappa shape index (κ2) is 12.7. The molecule has 4 N–H and O–H groups in total. The first-order valence-electron chi connectivity index (χ1n) is 12.7. The van der Waals surface area contributed by atoms with E-state index in [1.807, 2.05) is 4.90 Å². The Morgan fingerprint density at radius 3 is 2.45 bits per heavy atom. The van der Waals surface area contributed by atoms with E-state index in [1.165, 1.54) is 18.2 Å². The molecule has 0 spiro atoms. The summed E-state index contributed by atoms with van der Waals surface area (Å²) in [4.78, 5) is 28.7. The van der Waals surface area contributed by atoms with E-state index in [-0.39, 0.29) is 37.3 Å². The van der Waals surface area contributed by atoms with E-state index >= 15 is 0 Å². The second-order valence-corrected chi connectivity index (χ2v) is 10.2. The number of carbonyl (C=O) groups excluding carboxylic acids is 2. The number of nitrogens with zero attached hydrogens (tertiary/aromatic N) is 2. The number of halogens is 6. The summed E-state index contributed by atoms with van der Waals surface area (Å²) >= 11 is 6.15. The van der Waals surface area contributed by atoms with Gasteiger partial charge in [-0.2, -0.15) is 13.2 Å². The second-order valence-electron chi connectivity index (χ2n) is 9.78. The molecule has 4 rings (SSSR count). The molecule has 1 unspecified atom stereocenters. The number of rotatable bonds is 8.